The number of nitrogens with zero attached hydrogens (tertiary/aromatic N) is 1. The Hall–Kier alpha value is -4.65. The first kappa shape index (κ1) is 31.9. The average molecular weight is 582 g/mol. The van der Waals surface area contributed by atoms with Crippen molar-refractivity contribution in [2.75, 3.05) is 13.1 Å². The highest BCUT2D eigenvalue weighted by Gasteiger charge is 2.31. The van der Waals surface area contributed by atoms with Crippen molar-refractivity contribution in [2.45, 2.75) is 62.7 Å². The summed E-state index contributed by atoms with van der Waals surface area (Å²) in [5.74, 6) is -2.92. The van der Waals surface area contributed by atoms with Crippen molar-refractivity contribution >= 4 is 29.7 Å². The standard InChI is InChI=1S/C29H39N7O6/c30-29(31)33-15-5-9-22(28(41)42)34-26(39)23(16-18-6-2-1-3-7-18)36-27(40)24(17-19-10-12-20(37)13-11-19)35-25(38)21-8-4-14-32-21/h1-3,6-7,10-13,21-24,32,37H,4-5,8-9,14-17H2,(H,34,39)(H,35,38)(H,36,40)(H,41,42)(H4,30,31,33). The van der Waals surface area contributed by atoms with Gasteiger partial charge in [0.1, 0.15) is 23.9 Å². The molecule has 42 heavy (non-hydrogen) atoms. The van der Waals surface area contributed by atoms with Gasteiger partial charge in [-0.3, -0.25) is 19.4 Å². The highest BCUT2D eigenvalue weighted by atomic mass is 16.4. The largest absolute Gasteiger partial charge is 0.508 e. The molecule has 4 atom stereocenters. The van der Waals surface area contributed by atoms with Gasteiger partial charge >= 0.3 is 5.97 Å². The van der Waals surface area contributed by atoms with Crippen molar-refractivity contribution in [3.63, 3.8) is 0 Å². The number of carbonyl (C=O) groups excluding carboxylic acids is 3. The number of aliphatic imine (C=N–C) groups is 1. The number of carboxylic acid groups (broad SMARTS) is 1. The molecule has 0 aromatic heterocycles. The smallest absolute Gasteiger partial charge is 0.326 e. The summed E-state index contributed by atoms with van der Waals surface area (Å²) in [5.41, 5.74) is 12.1. The molecule has 10 N–H and O–H groups in total. The van der Waals surface area contributed by atoms with Crippen molar-refractivity contribution < 1.29 is 29.4 Å². The summed E-state index contributed by atoms with van der Waals surface area (Å²) in [6, 6.07) is 11.4. The Bertz CT molecular complexity index is 1230. The van der Waals surface area contributed by atoms with E-state index in [9.17, 15) is 29.4 Å². The fourth-order valence-electron chi connectivity index (χ4n) is 4.62. The maximum absolute atomic E-state index is 13.6. The third kappa shape index (κ3) is 10.4. The van der Waals surface area contributed by atoms with Gasteiger partial charge in [0.05, 0.1) is 6.04 Å². The zero-order valence-corrected chi connectivity index (χ0v) is 23.3. The summed E-state index contributed by atoms with van der Waals surface area (Å²) in [7, 11) is 0. The summed E-state index contributed by atoms with van der Waals surface area (Å²) in [6.45, 7) is 0.892. The van der Waals surface area contributed by atoms with E-state index in [0.717, 1.165) is 12.0 Å². The van der Waals surface area contributed by atoms with Crippen molar-refractivity contribution in [2.24, 2.45) is 16.5 Å². The average Bonchev–Trinajstić information content (AvgIpc) is 3.50. The zero-order valence-electron chi connectivity index (χ0n) is 23.3. The summed E-state index contributed by atoms with van der Waals surface area (Å²) >= 11 is 0. The number of rotatable bonds is 15. The first-order chi connectivity index (χ1) is 20.1. The number of hydrogen-bond donors (Lipinski definition) is 8. The number of carbonyl (C=O) groups is 4. The van der Waals surface area contributed by atoms with E-state index in [1.807, 2.05) is 6.07 Å². The minimum absolute atomic E-state index is 0.0600. The van der Waals surface area contributed by atoms with Gasteiger partial charge in [0, 0.05) is 19.4 Å². The maximum atomic E-state index is 13.6. The van der Waals surface area contributed by atoms with Crippen LogP contribution in [-0.2, 0) is 32.0 Å². The minimum Gasteiger partial charge on any atom is -0.508 e. The van der Waals surface area contributed by atoms with E-state index in [0.29, 0.717) is 24.9 Å². The van der Waals surface area contributed by atoms with Crippen LogP contribution in [0.4, 0.5) is 0 Å². The first-order valence-electron chi connectivity index (χ1n) is 13.9. The summed E-state index contributed by atoms with van der Waals surface area (Å²) < 4.78 is 0. The van der Waals surface area contributed by atoms with E-state index in [2.05, 4.69) is 26.3 Å². The number of carboxylic acids is 1. The highest BCUT2D eigenvalue weighted by Crippen LogP contribution is 2.13. The molecule has 1 heterocycles. The second kappa shape index (κ2) is 16.0. The van der Waals surface area contributed by atoms with Gasteiger partial charge in [-0.25, -0.2) is 4.79 Å². The summed E-state index contributed by atoms with van der Waals surface area (Å²) in [4.78, 5) is 55.7. The second-order valence-corrected chi connectivity index (χ2v) is 10.2. The van der Waals surface area contributed by atoms with Crippen LogP contribution in [0, 0.1) is 0 Å². The molecule has 0 saturated carbocycles. The molecule has 2 aromatic rings. The number of hydrogen-bond acceptors (Lipinski definition) is 7. The molecular weight excluding hydrogens is 542 g/mol. The van der Waals surface area contributed by atoms with Gasteiger partial charge in [0.15, 0.2) is 5.96 Å². The SMILES string of the molecule is NC(N)=NCCCC(NC(=O)C(Cc1ccccc1)NC(=O)C(Cc1ccc(O)cc1)NC(=O)C1CCCN1)C(=O)O. The highest BCUT2D eigenvalue weighted by molar-refractivity contribution is 5.94. The molecular formula is C29H39N7O6. The summed E-state index contributed by atoms with van der Waals surface area (Å²) in [5, 5.41) is 30.5. The molecule has 3 amide bonds. The molecule has 0 radical (unpaired) electrons. The molecule has 0 spiro atoms. The quantitative estimate of drug-likeness (QED) is 0.0772. The van der Waals surface area contributed by atoms with Crippen LogP contribution in [0.25, 0.3) is 0 Å². The third-order valence-corrected chi connectivity index (χ3v) is 6.86. The van der Waals surface area contributed by atoms with Gasteiger partial charge in [-0.05, 0) is 55.5 Å². The van der Waals surface area contributed by atoms with Crippen LogP contribution in [0.3, 0.4) is 0 Å². The monoisotopic (exact) mass is 581 g/mol. The molecule has 226 valence electrons. The lowest BCUT2D eigenvalue weighted by molar-refractivity contribution is -0.142. The van der Waals surface area contributed by atoms with Gasteiger partial charge in [-0.15, -0.1) is 0 Å². The van der Waals surface area contributed by atoms with Gasteiger partial charge in [-0.1, -0.05) is 42.5 Å². The number of amides is 3. The van der Waals surface area contributed by atoms with Crippen molar-refractivity contribution in [3.05, 3.63) is 65.7 Å². The van der Waals surface area contributed by atoms with Gasteiger partial charge < -0.3 is 42.9 Å². The molecule has 4 unspecified atom stereocenters. The zero-order chi connectivity index (χ0) is 30.5. The van der Waals surface area contributed by atoms with Crippen LogP contribution in [0.5, 0.6) is 5.75 Å². The number of aliphatic carboxylic acids is 1. The molecule has 1 fully saturated rings. The number of phenols is 1. The van der Waals surface area contributed by atoms with E-state index < -0.39 is 42.0 Å². The molecule has 3 rings (SSSR count). The number of nitrogens with two attached hydrogens (primary N) is 2. The molecule has 0 aliphatic carbocycles. The third-order valence-electron chi connectivity index (χ3n) is 6.86. The molecule has 1 saturated heterocycles. The van der Waals surface area contributed by atoms with Crippen molar-refractivity contribution in [3.8, 4) is 5.75 Å². The van der Waals surface area contributed by atoms with Crippen LogP contribution >= 0.6 is 0 Å². The van der Waals surface area contributed by atoms with Gasteiger partial charge in [0.25, 0.3) is 0 Å². The summed E-state index contributed by atoms with van der Waals surface area (Å²) in [6.07, 6.45) is 2.04. The number of guanidine groups is 1. The van der Waals surface area contributed by atoms with E-state index in [-0.39, 0.29) is 43.4 Å². The lowest BCUT2D eigenvalue weighted by atomic mass is 10.0. The fourth-order valence-corrected chi connectivity index (χ4v) is 4.62. The Morgan fingerprint density at radius 1 is 0.881 bits per heavy atom. The topological polar surface area (TPSA) is 221 Å². The number of benzene rings is 2. The van der Waals surface area contributed by atoms with Crippen molar-refractivity contribution in [1.29, 1.82) is 0 Å². The Labute approximate surface area is 244 Å². The number of aromatic hydroxyl groups is 1. The van der Waals surface area contributed by atoms with Crippen molar-refractivity contribution in [1.82, 2.24) is 21.3 Å². The van der Waals surface area contributed by atoms with Crippen LogP contribution in [-0.4, -0.2) is 77.1 Å². The normalized spacial score (nSPS) is 16.4. The van der Waals surface area contributed by atoms with Gasteiger partial charge in [-0.2, -0.15) is 0 Å². The molecule has 1 aliphatic heterocycles. The van der Waals surface area contributed by atoms with E-state index in [1.165, 1.54) is 12.1 Å². The fraction of sp³-hybridized carbons (Fsp3) is 0.414. The predicted molar refractivity (Wildman–Crippen MR) is 156 cm³/mol. The van der Waals surface area contributed by atoms with Crippen LogP contribution in [0.15, 0.2) is 59.6 Å². The number of phenolic OH excluding ortho intramolecular Hbond substituents is 1. The Morgan fingerprint density at radius 3 is 2.05 bits per heavy atom. The van der Waals surface area contributed by atoms with E-state index >= 15 is 0 Å². The molecule has 1 aliphatic rings. The lowest BCUT2D eigenvalue weighted by Gasteiger charge is -2.25. The Morgan fingerprint density at radius 2 is 1.48 bits per heavy atom. The predicted octanol–water partition coefficient (Wildman–Crippen LogP) is -0.478. The van der Waals surface area contributed by atoms with E-state index in [1.54, 1.807) is 36.4 Å². The molecule has 13 heteroatoms. The molecule has 0 bridgehead atoms. The minimum atomic E-state index is -1.24. The van der Waals surface area contributed by atoms with Crippen LogP contribution < -0.4 is 32.7 Å². The van der Waals surface area contributed by atoms with Gasteiger partial charge in [0.2, 0.25) is 17.7 Å². The molecule has 2 aromatic carbocycles. The lowest BCUT2D eigenvalue weighted by Crippen LogP contribution is -2.58. The maximum Gasteiger partial charge on any atom is 0.326 e. The van der Waals surface area contributed by atoms with Crippen LogP contribution in [0.2, 0.25) is 0 Å². The Kier molecular flexibility index (Phi) is 12.1. The Balaban J connectivity index is 1.79. The number of nitrogens with one attached hydrogen (secondary N) is 4. The van der Waals surface area contributed by atoms with Crippen LogP contribution in [0.1, 0.15) is 36.8 Å². The first-order valence-corrected chi connectivity index (χ1v) is 13.9. The second-order valence-electron chi connectivity index (χ2n) is 10.2. The molecule has 13 nitrogen and oxygen atoms in total. The van der Waals surface area contributed by atoms with E-state index in [4.69, 9.17) is 11.5 Å².